The molecular weight excluding hydrogens is 321 g/mol. The molecule has 0 spiro atoms. The molecular formula is C16H15Cl2N3O. The average Bonchev–Trinajstić information content (AvgIpc) is 2.99. The number of allylic oxidation sites excluding steroid dienone is 1. The van der Waals surface area contributed by atoms with Crippen LogP contribution in [0.25, 0.3) is 0 Å². The SMILES string of the molecule is CC1(C)C(C=C(Cl)Cl)C1C(=O)N/N=C/c1ccc(C#N)cc1. The Morgan fingerprint density at radius 1 is 1.36 bits per heavy atom. The Hall–Kier alpha value is -1.83. The maximum Gasteiger partial charge on any atom is 0.244 e. The number of nitrogens with one attached hydrogen (secondary N) is 1. The number of nitriles is 1. The van der Waals surface area contributed by atoms with Gasteiger partial charge in [0.15, 0.2) is 0 Å². The van der Waals surface area contributed by atoms with Crippen LogP contribution in [0.2, 0.25) is 0 Å². The molecule has 2 atom stereocenters. The molecule has 6 heteroatoms. The van der Waals surface area contributed by atoms with Gasteiger partial charge < -0.3 is 0 Å². The first-order valence-corrected chi connectivity index (χ1v) is 7.47. The van der Waals surface area contributed by atoms with Crippen LogP contribution in [0.1, 0.15) is 25.0 Å². The molecule has 0 aliphatic heterocycles. The largest absolute Gasteiger partial charge is 0.273 e. The van der Waals surface area contributed by atoms with Gasteiger partial charge in [0.1, 0.15) is 4.49 Å². The number of carbonyl (C=O) groups is 1. The lowest BCUT2D eigenvalue weighted by atomic mass is 10.1. The first-order chi connectivity index (χ1) is 10.4. The van der Waals surface area contributed by atoms with Crippen LogP contribution in [0.5, 0.6) is 0 Å². The first-order valence-electron chi connectivity index (χ1n) is 6.72. The van der Waals surface area contributed by atoms with E-state index >= 15 is 0 Å². The van der Waals surface area contributed by atoms with Gasteiger partial charge in [-0.1, -0.05) is 49.2 Å². The second kappa shape index (κ2) is 6.51. The fourth-order valence-electron chi connectivity index (χ4n) is 2.51. The van der Waals surface area contributed by atoms with Crippen molar-refractivity contribution >= 4 is 35.3 Å². The lowest BCUT2D eigenvalue weighted by Gasteiger charge is -2.01. The van der Waals surface area contributed by atoms with Gasteiger partial charge in [-0.15, -0.1) is 0 Å². The fraction of sp³-hybridized carbons (Fsp3) is 0.312. The summed E-state index contributed by atoms with van der Waals surface area (Å²) in [6, 6.07) is 8.94. The summed E-state index contributed by atoms with van der Waals surface area (Å²) in [6.07, 6.45) is 3.23. The number of rotatable bonds is 4. The van der Waals surface area contributed by atoms with Crippen LogP contribution in [0, 0.1) is 28.6 Å². The van der Waals surface area contributed by atoms with Gasteiger partial charge in [0.25, 0.3) is 0 Å². The number of amides is 1. The molecule has 114 valence electrons. The first kappa shape index (κ1) is 16.5. The molecule has 1 aromatic rings. The number of benzene rings is 1. The van der Waals surface area contributed by atoms with Gasteiger partial charge in [-0.2, -0.15) is 10.4 Å². The molecule has 1 aliphatic carbocycles. The third-order valence-electron chi connectivity index (χ3n) is 3.93. The molecule has 1 aliphatic rings. The standard InChI is InChI=1S/C16H15Cl2N3O/c1-16(2)12(7-13(17)18)14(16)15(22)21-20-9-11-5-3-10(8-19)4-6-11/h3-7,9,12,14H,1-2H3,(H,21,22)/b20-9+. The number of carbonyl (C=O) groups excluding carboxylic acids is 1. The van der Waals surface area contributed by atoms with E-state index in [-0.39, 0.29) is 27.6 Å². The predicted octanol–water partition coefficient (Wildman–Crippen LogP) is 3.60. The van der Waals surface area contributed by atoms with Crippen LogP contribution >= 0.6 is 23.2 Å². The normalized spacial score (nSPS) is 22.0. The van der Waals surface area contributed by atoms with Crippen LogP contribution in [0.15, 0.2) is 39.9 Å². The van der Waals surface area contributed by atoms with Crippen molar-refractivity contribution in [3.8, 4) is 6.07 Å². The highest BCUT2D eigenvalue weighted by atomic mass is 35.5. The lowest BCUT2D eigenvalue weighted by Crippen LogP contribution is -2.21. The molecule has 0 radical (unpaired) electrons. The lowest BCUT2D eigenvalue weighted by molar-refractivity contribution is -0.123. The summed E-state index contributed by atoms with van der Waals surface area (Å²) in [7, 11) is 0. The topological polar surface area (TPSA) is 65.2 Å². The van der Waals surface area contributed by atoms with Crippen molar-refractivity contribution in [1.29, 1.82) is 5.26 Å². The monoisotopic (exact) mass is 335 g/mol. The van der Waals surface area contributed by atoms with Crippen LogP contribution in [-0.2, 0) is 4.79 Å². The minimum absolute atomic E-state index is 0.0163. The van der Waals surface area contributed by atoms with E-state index in [1.165, 1.54) is 6.21 Å². The van der Waals surface area contributed by atoms with Crippen LogP contribution in [-0.4, -0.2) is 12.1 Å². The molecule has 2 rings (SSSR count). The van der Waals surface area contributed by atoms with Gasteiger partial charge in [0.05, 0.1) is 23.8 Å². The Balaban J connectivity index is 1.94. The van der Waals surface area contributed by atoms with Gasteiger partial charge in [-0.3, -0.25) is 4.79 Å². The molecule has 22 heavy (non-hydrogen) atoms. The number of hydrazone groups is 1. The van der Waals surface area contributed by atoms with E-state index in [0.29, 0.717) is 5.56 Å². The molecule has 0 heterocycles. The molecule has 4 nitrogen and oxygen atoms in total. The van der Waals surface area contributed by atoms with Gasteiger partial charge in [-0.25, -0.2) is 5.43 Å². The number of nitrogens with zero attached hydrogens (tertiary/aromatic N) is 2. The van der Waals surface area contributed by atoms with Crippen molar-refractivity contribution in [2.75, 3.05) is 0 Å². The molecule has 0 saturated heterocycles. The molecule has 2 unspecified atom stereocenters. The minimum Gasteiger partial charge on any atom is -0.273 e. The fourth-order valence-corrected chi connectivity index (χ4v) is 2.78. The van der Waals surface area contributed by atoms with Gasteiger partial charge in [-0.05, 0) is 35.1 Å². The van der Waals surface area contributed by atoms with Crippen molar-refractivity contribution in [2.45, 2.75) is 13.8 Å². The van der Waals surface area contributed by atoms with Gasteiger partial charge in [0.2, 0.25) is 5.91 Å². The van der Waals surface area contributed by atoms with E-state index in [9.17, 15) is 4.79 Å². The number of halogens is 2. The summed E-state index contributed by atoms with van der Waals surface area (Å²) < 4.78 is 0.175. The maximum absolute atomic E-state index is 12.1. The summed E-state index contributed by atoms with van der Waals surface area (Å²) in [5, 5.41) is 12.7. The molecule has 1 N–H and O–H groups in total. The van der Waals surface area contributed by atoms with Gasteiger partial charge >= 0.3 is 0 Å². The van der Waals surface area contributed by atoms with Gasteiger partial charge in [0, 0.05) is 0 Å². The van der Waals surface area contributed by atoms with Crippen molar-refractivity contribution < 1.29 is 4.79 Å². The van der Waals surface area contributed by atoms with Crippen LogP contribution < -0.4 is 5.43 Å². The van der Waals surface area contributed by atoms with E-state index in [2.05, 4.69) is 10.5 Å². The molecule has 0 bridgehead atoms. The Morgan fingerprint density at radius 2 is 2.00 bits per heavy atom. The smallest absolute Gasteiger partial charge is 0.244 e. The van der Waals surface area contributed by atoms with Crippen molar-refractivity contribution in [3.05, 3.63) is 46.0 Å². The third-order valence-corrected chi connectivity index (χ3v) is 4.18. The molecule has 1 amide bonds. The summed E-state index contributed by atoms with van der Waals surface area (Å²) in [4.78, 5) is 12.1. The highest BCUT2D eigenvalue weighted by Crippen LogP contribution is 2.59. The zero-order valence-electron chi connectivity index (χ0n) is 12.2. The van der Waals surface area contributed by atoms with E-state index in [1.807, 2.05) is 19.9 Å². The van der Waals surface area contributed by atoms with Crippen LogP contribution in [0.4, 0.5) is 0 Å². The maximum atomic E-state index is 12.1. The minimum atomic E-state index is -0.196. The zero-order valence-corrected chi connectivity index (χ0v) is 13.7. The highest BCUT2D eigenvalue weighted by molar-refractivity contribution is 6.55. The second-order valence-electron chi connectivity index (χ2n) is 5.75. The Kier molecular flexibility index (Phi) is 4.90. The van der Waals surface area contributed by atoms with E-state index in [0.717, 1.165) is 5.56 Å². The zero-order chi connectivity index (χ0) is 16.3. The Morgan fingerprint density at radius 3 is 2.55 bits per heavy atom. The summed E-state index contributed by atoms with van der Waals surface area (Å²) >= 11 is 11.3. The number of hydrogen-bond donors (Lipinski definition) is 1. The quantitative estimate of drug-likeness (QED) is 0.674. The summed E-state index contributed by atoms with van der Waals surface area (Å²) in [5.74, 6) is -0.341. The average molecular weight is 336 g/mol. The van der Waals surface area contributed by atoms with E-state index in [4.69, 9.17) is 28.5 Å². The van der Waals surface area contributed by atoms with Crippen molar-refractivity contribution in [1.82, 2.24) is 5.43 Å². The highest BCUT2D eigenvalue weighted by Gasteiger charge is 2.60. The second-order valence-corrected chi connectivity index (χ2v) is 6.76. The van der Waals surface area contributed by atoms with E-state index < -0.39 is 0 Å². The summed E-state index contributed by atoms with van der Waals surface area (Å²) in [6.45, 7) is 3.97. The molecule has 1 aromatic carbocycles. The third kappa shape index (κ3) is 3.68. The Bertz CT molecular complexity index is 668. The molecule has 1 saturated carbocycles. The summed E-state index contributed by atoms with van der Waals surface area (Å²) in [5.41, 5.74) is 3.73. The molecule has 1 fully saturated rings. The molecule has 0 aromatic heterocycles. The van der Waals surface area contributed by atoms with Crippen molar-refractivity contribution in [2.24, 2.45) is 22.4 Å². The van der Waals surface area contributed by atoms with E-state index in [1.54, 1.807) is 30.3 Å². The van der Waals surface area contributed by atoms with Crippen molar-refractivity contribution in [3.63, 3.8) is 0 Å². The number of hydrogen-bond acceptors (Lipinski definition) is 3. The van der Waals surface area contributed by atoms with Crippen LogP contribution in [0.3, 0.4) is 0 Å². The Labute approximate surface area is 139 Å². The predicted molar refractivity (Wildman–Crippen MR) is 87.4 cm³/mol.